The first-order valence-electron chi connectivity index (χ1n) is 5.58. The van der Waals surface area contributed by atoms with Crippen molar-refractivity contribution in [1.82, 2.24) is 9.97 Å². The smallest absolute Gasteiger partial charge is 0.133 e. The van der Waals surface area contributed by atoms with Gasteiger partial charge in [0.1, 0.15) is 22.1 Å². The summed E-state index contributed by atoms with van der Waals surface area (Å²) >= 11 is 5.12. The SMILES string of the molecule is CCc1nc(=S)c(C)c(-c2cc(F)ccc2F)[nH]1. The van der Waals surface area contributed by atoms with E-state index in [-0.39, 0.29) is 5.56 Å². The van der Waals surface area contributed by atoms with Crippen LogP contribution < -0.4 is 0 Å². The molecule has 1 aromatic heterocycles. The van der Waals surface area contributed by atoms with Gasteiger partial charge >= 0.3 is 0 Å². The average Bonchev–Trinajstić information content (AvgIpc) is 2.35. The summed E-state index contributed by atoms with van der Waals surface area (Å²) in [6.07, 6.45) is 0.647. The summed E-state index contributed by atoms with van der Waals surface area (Å²) in [4.78, 5) is 7.18. The number of hydrogen-bond donors (Lipinski definition) is 1. The van der Waals surface area contributed by atoms with Crippen molar-refractivity contribution in [2.24, 2.45) is 0 Å². The minimum Gasteiger partial charge on any atom is -0.343 e. The molecule has 0 aliphatic rings. The molecular weight excluding hydrogens is 254 g/mol. The number of rotatable bonds is 2. The van der Waals surface area contributed by atoms with Crippen LogP contribution in [0.3, 0.4) is 0 Å². The molecule has 0 fully saturated rings. The second kappa shape index (κ2) is 4.94. The van der Waals surface area contributed by atoms with Gasteiger partial charge in [0.25, 0.3) is 0 Å². The van der Waals surface area contributed by atoms with E-state index in [0.29, 0.717) is 28.1 Å². The Morgan fingerprint density at radius 1 is 1.33 bits per heavy atom. The average molecular weight is 266 g/mol. The number of hydrogen-bond acceptors (Lipinski definition) is 2. The molecule has 1 heterocycles. The van der Waals surface area contributed by atoms with Crippen LogP contribution in [0.1, 0.15) is 18.3 Å². The third kappa shape index (κ3) is 2.31. The first-order chi connectivity index (χ1) is 8.52. The summed E-state index contributed by atoms with van der Waals surface area (Å²) in [5.74, 6) is -0.317. The van der Waals surface area contributed by atoms with Crippen molar-refractivity contribution >= 4 is 12.2 Å². The monoisotopic (exact) mass is 266 g/mol. The van der Waals surface area contributed by atoms with E-state index in [1.807, 2.05) is 6.92 Å². The summed E-state index contributed by atoms with van der Waals surface area (Å²) in [5.41, 5.74) is 1.31. The number of benzene rings is 1. The van der Waals surface area contributed by atoms with Gasteiger partial charge in [-0.3, -0.25) is 0 Å². The molecule has 18 heavy (non-hydrogen) atoms. The molecule has 0 radical (unpaired) electrons. The van der Waals surface area contributed by atoms with Crippen molar-refractivity contribution in [1.29, 1.82) is 0 Å². The molecular formula is C13H12F2N2S. The zero-order valence-corrected chi connectivity index (χ0v) is 10.9. The van der Waals surface area contributed by atoms with Gasteiger partial charge in [0.2, 0.25) is 0 Å². The molecule has 0 unspecified atom stereocenters. The van der Waals surface area contributed by atoms with E-state index < -0.39 is 11.6 Å². The Kier molecular flexibility index (Phi) is 3.52. The Balaban J connectivity index is 2.74. The normalized spacial score (nSPS) is 10.7. The fourth-order valence-corrected chi connectivity index (χ4v) is 1.92. The molecule has 0 bridgehead atoms. The van der Waals surface area contributed by atoms with E-state index in [9.17, 15) is 8.78 Å². The number of aromatic nitrogens is 2. The first-order valence-corrected chi connectivity index (χ1v) is 5.99. The van der Waals surface area contributed by atoms with Gasteiger partial charge in [0.05, 0.1) is 5.69 Å². The maximum atomic E-state index is 13.8. The lowest BCUT2D eigenvalue weighted by atomic mass is 10.1. The highest BCUT2D eigenvalue weighted by Gasteiger charge is 2.12. The lowest BCUT2D eigenvalue weighted by molar-refractivity contribution is 0.602. The van der Waals surface area contributed by atoms with Gasteiger partial charge in [-0.15, -0.1) is 0 Å². The lowest BCUT2D eigenvalue weighted by Crippen LogP contribution is -2.01. The van der Waals surface area contributed by atoms with Crippen LogP contribution >= 0.6 is 12.2 Å². The second-order valence-corrected chi connectivity index (χ2v) is 4.35. The third-order valence-corrected chi connectivity index (χ3v) is 3.13. The van der Waals surface area contributed by atoms with Crippen molar-refractivity contribution in [3.05, 3.63) is 45.9 Å². The van der Waals surface area contributed by atoms with Crippen molar-refractivity contribution < 1.29 is 8.78 Å². The van der Waals surface area contributed by atoms with Gasteiger partial charge < -0.3 is 4.98 Å². The maximum Gasteiger partial charge on any atom is 0.133 e. The highest BCUT2D eigenvalue weighted by Crippen LogP contribution is 2.25. The molecule has 2 nitrogen and oxygen atoms in total. The Morgan fingerprint density at radius 2 is 2.06 bits per heavy atom. The molecule has 94 valence electrons. The van der Waals surface area contributed by atoms with Gasteiger partial charge in [0, 0.05) is 17.5 Å². The minimum atomic E-state index is -0.488. The van der Waals surface area contributed by atoms with Crippen LogP contribution in [0.2, 0.25) is 0 Å². The van der Waals surface area contributed by atoms with E-state index in [1.54, 1.807) is 6.92 Å². The second-order valence-electron chi connectivity index (χ2n) is 3.97. The predicted molar refractivity (Wildman–Crippen MR) is 68.9 cm³/mol. The third-order valence-electron chi connectivity index (χ3n) is 2.73. The molecule has 0 saturated carbocycles. The molecule has 0 saturated heterocycles. The summed E-state index contributed by atoms with van der Waals surface area (Å²) in [6.45, 7) is 3.65. The number of nitrogens with zero attached hydrogens (tertiary/aromatic N) is 1. The number of aryl methyl sites for hydroxylation is 1. The van der Waals surface area contributed by atoms with Gasteiger partial charge in [-0.25, -0.2) is 13.8 Å². The van der Waals surface area contributed by atoms with E-state index in [1.165, 1.54) is 0 Å². The summed E-state index contributed by atoms with van der Waals surface area (Å²) in [7, 11) is 0. The molecule has 0 spiro atoms. The molecule has 2 aromatic rings. The Bertz CT molecular complexity index is 650. The minimum absolute atomic E-state index is 0.177. The topological polar surface area (TPSA) is 28.7 Å². The van der Waals surface area contributed by atoms with Gasteiger partial charge in [0.15, 0.2) is 0 Å². The Labute approximate surface area is 109 Å². The zero-order valence-electron chi connectivity index (χ0n) is 10.1. The van der Waals surface area contributed by atoms with Gasteiger partial charge in [-0.05, 0) is 25.1 Å². The van der Waals surface area contributed by atoms with Gasteiger partial charge in [-0.2, -0.15) is 0 Å². The van der Waals surface area contributed by atoms with Crippen molar-refractivity contribution in [3.8, 4) is 11.3 Å². The fraction of sp³-hybridized carbons (Fsp3) is 0.231. The maximum absolute atomic E-state index is 13.8. The van der Waals surface area contributed by atoms with Gasteiger partial charge in [-0.1, -0.05) is 19.1 Å². The van der Waals surface area contributed by atoms with Crippen LogP contribution in [0, 0.1) is 23.2 Å². The van der Waals surface area contributed by atoms with Crippen molar-refractivity contribution in [3.63, 3.8) is 0 Å². The van der Waals surface area contributed by atoms with Crippen molar-refractivity contribution in [2.75, 3.05) is 0 Å². The van der Waals surface area contributed by atoms with E-state index in [0.717, 1.165) is 18.2 Å². The zero-order chi connectivity index (χ0) is 13.3. The van der Waals surface area contributed by atoms with E-state index in [2.05, 4.69) is 9.97 Å². The Hall–Kier alpha value is -1.62. The van der Waals surface area contributed by atoms with Crippen molar-refractivity contribution in [2.45, 2.75) is 20.3 Å². The first kappa shape index (κ1) is 12.8. The highest BCUT2D eigenvalue weighted by atomic mass is 32.1. The molecule has 1 aromatic carbocycles. The largest absolute Gasteiger partial charge is 0.343 e. The number of H-pyrrole nitrogens is 1. The lowest BCUT2D eigenvalue weighted by Gasteiger charge is -2.09. The highest BCUT2D eigenvalue weighted by molar-refractivity contribution is 7.71. The van der Waals surface area contributed by atoms with E-state index in [4.69, 9.17) is 12.2 Å². The summed E-state index contributed by atoms with van der Waals surface area (Å²) < 4.78 is 27.4. The van der Waals surface area contributed by atoms with Crippen LogP contribution in [0.4, 0.5) is 8.78 Å². The molecule has 0 atom stereocenters. The van der Waals surface area contributed by atoms with Crippen LogP contribution in [0.15, 0.2) is 18.2 Å². The van der Waals surface area contributed by atoms with Crippen LogP contribution in [-0.2, 0) is 6.42 Å². The fourth-order valence-electron chi connectivity index (χ4n) is 1.71. The summed E-state index contributed by atoms with van der Waals surface area (Å²) in [5, 5.41) is 0. The molecule has 0 aliphatic heterocycles. The van der Waals surface area contributed by atoms with Crippen LogP contribution in [0.5, 0.6) is 0 Å². The number of aromatic amines is 1. The molecule has 2 rings (SSSR count). The van der Waals surface area contributed by atoms with Crippen LogP contribution in [-0.4, -0.2) is 9.97 Å². The summed E-state index contributed by atoms with van der Waals surface area (Å²) in [6, 6.07) is 3.35. The molecule has 1 N–H and O–H groups in total. The Morgan fingerprint density at radius 3 is 2.72 bits per heavy atom. The molecule has 0 amide bonds. The molecule has 5 heteroatoms. The standard InChI is InChI=1S/C13H12F2N2S/c1-3-11-16-12(7(2)13(18)17-11)9-6-8(14)4-5-10(9)15/h4-6H,3H2,1-2H3,(H,16,17,18). The van der Waals surface area contributed by atoms with Crippen LogP contribution in [0.25, 0.3) is 11.3 Å². The molecule has 0 aliphatic carbocycles. The number of halogens is 2. The van der Waals surface area contributed by atoms with E-state index >= 15 is 0 Å². The predicted octanol–water partition coefficient (Wildman–Crippen LogP) is 3.96. The number of nitrogens with one attached hydrogen (secondary N) is 1. The quantitative estimate of drug-likeness (QED) is 0.834.